The molecule has 5 nitrogen and oxygen atoms in total. The number of nitrogens with zero attached hydrogens (tertiary/aromatic N) is 2. The highest BCUT2D eigenvalue weighted by Gasteiger charge is 2.13. The zero-order valence-corrected chi connectivity index (χ0v) is 16.9. The van der Waals surface area contributed by atoms with Crippen LogP contribution in [0, 0.1) is 5.82 Å². The van der Waals surface area contributed by atoms with Crippen LogP contribution in [-0.4, -0.2) is 22.4 Å². The monoisotopic (exact) mass is 392 g/mol. The van der Waals surface area contributed by atoms with Gasteiger partial charge in [0.25, 0.3) is 5.91 Å². The van der Waals surface area contributed by atoms with Crippen molar-refractivity contribution < 1.29 is 9.18 Å². The number of hydrogen-bond donors (Lipinski definition) is 2. The number of hydrogen-bond acceptors (Lipinski definition) is 4. The van der Waals surface area contributed by atoms with Crippen LogP contribution in [0.1, 0.15) is 42.4 Å². The quantitative estimate of drug-likeness (QED) is 0.642. The van der Waals surface area contributed by atoms with Gasteiger partial charge in [-0.05, 0) is 47.2 Å². The number of aromatic nitrogens is 2. The molecule has 2 aromatic carbocycles. The molecule has 0 fully saturated rings. The first-order valence-electron chi connectivity index (χ1n) is 9.55. The zero-order chi connectivity index (χ0) is 20.9. The normalized spacial score (nSPS) is 11.2. The van der Waals surface area contributed by atoms with Gasteiger partial charge >= 0.3 is 0 Å². The van der Waals surface area contributed by atoms with E-state index in [0.29, 0.717) is 24.5 Å². The standard InChI is InChI=1S/C23H25FN4O/c1-23(2,3)17-8-10-18(11-9-17)27-22-26-15-13-20(28-22)21(29)25-14-12-16-6-4-5-7-19(16)24/h4-11,13,15H,12,14H2,1-3H3,(H,25,29)(H,26,27,28). The number of benzene rings is 2. The van der Waals surface area contributed by atoms with E-state index in [2.05, 4.69) is 53.5 Å². The summed E-state index contributed by atoms with van der Waals surface area (Å²) in [5.74, 6) is -0.252. The van der Waals surface area contributed by atoms with Gasteiger partial charge in [-0.25, -0.2) is 14.4 Å². The molecule has 0 saturated carbocycles. The second kappa shape index (κ2) is 8.82. The van der Waals surface area contributed by atoms with E-state index in [-0.39, 0.29) is 22.8 Å². The second-order valence-electron chi connectivity index (χ2n) is 7.82. The molecule has 0 spiro atoms. The maximum atomic E-state index is 13.6. The lowest BCUT2D eigenvalue weighted by Crippen LogP contribution is -2.27. The minimum absolute atomic E-state index is 0.0791. The Hall–Kier alpha value is -3.28. The molecule has 0 saturated heterocycles. The number of carbonyl (C=O) groups excluding carboxylic acids is 1. The van der Waals surface area contributed by atoms with Crippen LogP contribution in [0.3, 0.4) is 0 Å². The number of nitrogens with one attached hydrogen (secondary N) is 2. The molecular weight excluding hydrogens is 367 g/mol. The van der Waals surface area contributed by atoms with Crippen LogP contribution in [0.4, 0.5) is 16.0 Å². The molecule has 0 aliphatic rings. The first kappa shape index (κ1) is 20.5. The van der Waals surface area contributed by atoms with Crippen molar-refractivity contribution in [3.05, 3.63) is 83.4 Å². The highest BCUT2D eigenvalue weighted by atomic mass is 19.1. The van der Waals surface area contributed by atoms with Crippen molar-refractivity contribution in [2.24, 2.45) is 0 Å². The summed E-state index contributed by atoms with van der Waals surface area (Å²) in [5.41, 5.74) is 2.97. The van der Waals surface area contributed by atoms with Crippen molar-refractivity contribution in [2.45, 2.75) is 32.6 Å². The van der Waals surface area contributed by atoms with Crippen molar-refractivity contribution in [3.63, 3.8) is 0 Å². The van der Waals surface area contributed by atoms with Crippen LogP contribution in [0.15, 0.2) is 60.8 Å². The molecule has 0 unspecified atom stereocenters. The molecule has 29 heavy (non-hydrogen) atoms. The smallest absolute Gasteiger partial charge is 0.270 e. The average Bonchev–Trinajstić information content (AvgIpc) is 2.69. The van der Waals surface area contributed by atoms with Crippen LogP contribution >= 0.6 is 0 Å². The highest BCUT2D eigenvalue weighted by molar-refractivity contribution is 5.92. The van der Waals surface area contributed by atoms with Gasteiger partial charge in [0.15, 0.2) is 0 Å². The first-order chi connectivity index (χ1) is 13.8. The third-order valence-electron chi connectivity index (χ3n) is 4.53. The van der Waals surface area contributed by atoms with Crippen LogP contribution < -0.4 is 10.6 Å². The average molecular weight is 392 g/mol. The minimum atomic E-state index is -0.324. The van der Waals surface area contributed by atoms with E-state index in [0.717, 1.165) is 5.69 Å². The fraction of sp³-hybridized carbons (Fsp3) is 0.261. The van der Waals surface area contributed by atoms with Gasteiger partial charge in [0.1, 0.15) is 11.5 Å². The summed E-state index contributed by atoms with van der Waals surface area (Å²) in [5, 5.41) is 5.88. The summed E-state index contributed by atoms with van der Waals surface area (Å²) >= 11 is 0. The summed E-state index contributed by atoms with van der Waals surface area (Å²) in [6.45, 7) is 6.80. The minimum Gasteiger partial charge on any atom is -0.350 e. The van der Waals surface area contributed by atoms with Gasteiger partial charge in [-0.3, -0.25) is 4.79 Å². The molecule has 0 aliphatic heterocycles. The molecule has 3 rings (SSSR count). The molecule has 6 heteroatoms. The maximum Gasteiger partial charge on any atom is 0.270 e. The van der Waals surface area contributed by atoms with E-state index in [1.54, 1.807) is 24.3 Å². The highest BCUT2D eigenvalue weighted by Crippen LogP contribution is 2.24. The van der Waals surface area contributed by atoms with E-state index < -0.39 is 0 Å². The Kier molecular flexibility index (Phi) is 6.22. The Morgan fingerprint density at radius 3 is 2.45 bits per heavy atom. The number of halogens is 1. The summed E-state index contributed by atoms with van der Waals surface area (Å²) < 4.78 is 13.6. The SMILES string of the molecule is CC(C)(C)c1ccc(Nc2nccc(C(=O)NCCc3ccccc3F)n2)cc1. The van der Waals surface area contributed by atoms with Gasteiger partial charge in [-0.1, -0.05) is 51.1 Å². The number of rotatable bonds is 6. The fourth-order valence-electron chi connectivity index (χ4n) is 2.83. The van der Waals surface area contributed by atoms with Gasteiger partial charge in [0.2, 0.25) is 5.95 Å². The lowest BCUT2D eigenvalue weighted by Gasteiger charge is -2.19. The zero-order valence-electron chi connectivity index (χ0n) is 16.9. The van der Waals surface area contributed by atoms with E-state index in [9.17, 15) is 9.18 Å². The molecule has 0 aliphatic carbocycles. The van der Waals surface area contributed by atoms with Crippen molar-refractivity contribution in [1.29, 1.82) is 0 Å². The Balaban J connectivity index is 1.60. The van der Waals surface area contributed by atoms with Crippen LogP contribution in [0.5, 0.6) is 0 Å². The van der Waals surface area contributed by atoms with Gasteiger partial charge < -0.3 is 10.6 Å². The van der Waals surface area contributed by atoms with Crippen molar-refractivity contribution >= 4 is 17.5 Å². The van der Waals surface area contributed by atoms with E-state index in [1.807, 2.05) is 12.1 Å². The Labute approximate surface area is 170 Å². The number of anilines is 2. The van der Waals surface area contributed by atoms with Crippen LogP contribution in [0.25, 0.3) is 0 Å². The predicted octanol–water partition coefficient (Wildman–Crippen LogP) is 4.63. The summed E-state index contributed by atoms with van der Waals surface area (Å²) in [7, 11) is 0. The lowest BCUT2D eigenvalue weighted by atomic mass is 9.87. The number of carbonyl (C=O) groups is 1. The third kappa shape index (κ3) is 5.60. The molecule has 1 amide bonds. The molecule has 150 valence electrons. The fourth-order valence-corrected chi connectivity index (χ4v) is 2.83. The molecule has 0 radical (unpaired) electrons. The van der Waals surface area contributed by atoms with Crippen molar-refractivity contribution in [2.75, 3.05) is 11.9 Å². The Morgan fingerprint density at radius 2 is 1.76 bits per heavy atom. The van der Waals surface area contributed by atoms with Crippen LogP contribution in [0.2, 0.25) is 0 Å². The van der Waals surface area contributed by atoms with Gasteiger partial charge in [0, 0.05) is 18.4 Å². The van der Waals surface area contributed by atoms with Crippen molar-refractivity contribution in [1.82, 2.24) is 15.3 Å². The topological polar surface area (TPSA) is 66.9 Å². The lowest BCUT2D eigenvalue weighted by molar-refractivity contribution is 0.0949. The largest absolute Gasteiger partial charge is 0.350 e. The summed E-state index contributed by atoms with van der Waals surface area (Å²) in [6.07, 6.45) is 1.94. The molecule has 2 N–H and O–H groups in total. The molecular formula is C23H25FN4O. The summed E-state index contributed by atoms with van der Waals surface area (Å²) in [4.78, 5) is 20.8. The van der Waals surface area contributed by atoms with Gasteiger partial charge in [0.05, 0.1) is 0 Å². The third-order valence-corrected chi connectivity index (χ3v) is 4.53. The summed E-state index contributed by atoms with van der Waals surface area (Å²) in [6, 6.07) is 16.1. The van der Waals surface area contributed by atoms with Gasteiger partial charge in [-0.15, -0.1) is 0 Å². The number of amides is 1. The molecule has 0 atom stereocenters. The van der Waals surface area contributed by atoms with Crippen molar-refractivity contribution in [3.8, 4) is 0 Å². The van der Waals surface area contributed by atoms with Gasteiger partial charge in [-0.2, -0.15) is 0 Å². The van der Waals surface area contributed by atoms with E-state index >= 15 is 0 Å². The van der Waals surface area contributed by atoms with E-state index in [4.69, 9.17) is 0 Å². The molecule has 0 bridgehead atoms. The first-order valence-corrected chi connectivity index (χ1v) is 9.55. The van der Waals surface area contributed by atoms with Crippen LogP contribution in [-0.2, 0) is 11.8 Å². The van der Waals surface area contributed by atoms with E-state index in [1.165, 1.54) is 17.8 Å². The molecule has 1 heterocycles. The second-order valence-corrected chi connectivity index (χ2v) is 7.82. The molecule has 3 aromatic rings. The Morgan fingerprint density at radius 1 is 1.03 bits per heavy atom. The Bertz CT molecular complexity index is 981. The molecule has 1 aromatic heterocycles. The predicted molar refractivity (Wildman–Crippen MR) is 113 cm³/mol. The maximum absolute atomic E-state index is 13.6.